The van der Waals surface area contributed by atoms with Crippen LogP contribution in [-0.4, -0.2) is 27.5 Å². The first-order valence-corrected chi connectivity index (χ1v) is 5.45. The van der Waals surface area contributed by atoms with Crippen LogP contribution in [-0.2, 0) is 11.3 Å². The number of aromatic nitrogens is 1. The molecule has 0 aliphatic rings. The number of carboxylic acids is 1. The predicted octanol–water partition coefficient (Wildman–Crippen LogP) is 1.17. The van der Waals surface area contributed by atoms with Gasteiger partial charge in [-0.2, -0.15) is 0 Å². The second-order valence-electron chi connectivity index (χ2n) is 3.94. The molecule has 7 nitrogen and oxygen atoms in total. The molecule has 0 amide bonds. The Morgan fingerprint density at radius 1 is 1.56 bits per heavy atom. The molecule has 1 rings (SSSR count). The number of pyridine rings is 1. The fraction of sp³-hybridized carbons (Fsp3) is 0.455. The fourth-order valence-corrected chi connectivity index (χ4v) is 1.63. The van der Waals surface area contributed by atoms with Crippen LogP contribution < -0.4 is 5.32 Å². The Morgan fingerprint density at radius 3 is 2.78 bits per heavy atom. The van der Waals surface area contributed by atoms with Gasteiger partial charge in [-0.15, -0.1) is 0 Å². The van der Waals surface area contributed by atoms with E-state index >= 15 is 0 Å². The Labute approximate surface area is 104 Å². The number of hydrogen-bond acceptors (Lipinski definition) is 5. The molecule has 2 N–H and O–H groups in total. The van der Waals surface area contributed by atoms with Crippen LogP contribution in [0.25, 0.3) is 0 Å². The zero-order valence-corrected chi connectivity index (χ0v) is 10.3. The fourth-order valence-electron chi connectivity index (χ4n) is 1.63. The number of nitrogens with one attached hydrogen (secondary N) is 1. The minimum absolute atomic E-state index is 0.00695. The van der Waals surface area contributed by atoms with Crippen molar-refractivity contribution >= 4 is 11.7 Å². The van der Waals surface area contributed by atoms with Gasteiger partial charge in [0.05, 0.1) is 17.0 Å². The van der Waals surface area contributed by atoms with Crippen molar-refractivity contribution in [2.24, 2.45) is 0 Å². The summed E-state index contributed by atoms with van der Waals surface area (Å²) >= 11 is 0. The summed E-state index contributed by atoms with van der Waals surface area (Å²) in [6.07, 6.45) is 1.46. The Balaban J connectivity index is 2.75. The van der Waals surface area contributed by atoms with Gasteiger partial charge in [0.1, 0.15) is 0 Å². The van der Waals surface area contributed by atoms with E-state index in [4.69, 9.17) is 5.11 Å². The summed E-state index contributed by atoms with van der Waals surface area (Å²) < 4.78 is 0. The summed E-state index contributed by atoms with van der Waals surface area (Å²) in [5.74, 6) is -0.887. The number of carboxylic acid groups (broad SMARTS) is 1. The molecule has 0 aromatic carbocycles. The molecule has 0 saturated heterocycles. The average Bonchev–Trinajstić information content (AvgIpc) is 2.26. The molecule has 1 heterocycles. The maximum atomic E-state index is 10.9. The number of rotatable bonds is 6. The summed E-state index contributed by atoms with van der Waals surface area (Å²) in [5, 5.41) is 22.3. The second kappa shape index (κ2) is 6.06. The molecule has 0 fully saturated rings. The van der Waals surface area contributed by atoms with Gasteiger partial charge in [0.2, 0.25) is 0 Å². The Kier molecular flexibility index (Phi) is 4.73. The van der Waals surface area contributed by atoms with E-state index in [1.165, 1.54) is 6.20 Å². The third-order valence-electron chi connectivity index (χ3n) is 2.57. The van der Waals surface area contributed by atoms with E-state index in [1.54, 1.807) is 13.8 Å². The zero-order valence-electron chi connectivity index (χ0n) is 10.3. The van der Waals surface area contributed by atoms with Gasteiger partial charge in [0.15, 0.2) is 0 Å². The first-order valence-electron chi connectivity index (χ1n) is 5.45. The van der Waals surface area contributed by atoms with Crippen LogP contribution in [0, 0.1) is 24.0 Å². The van der Waals surface area contributed by atoms with E-state index in [0.717, 1.165) is 0 Å². The van der Waals surface area contributed by atoms with Crippen LogP contribution in [0.3, 0.4) is 0 Å². The lowest BCUT2D eigenvalue weighted by atomic mass is 10.1. The Morgan fingerprint density at radius 2 is 2.22 bits per heavy atom. The van der Waals surface area contributed by atoms with Crippen LogP contribution in [0.2, 0.25) is 0 Å². The van der Waals surface area contributed by atoms with Gasteiger partial charge < -0.3 is 10.4 Å². The predicted molar refractivity (Wildman–Crippen MR) is 64.3 cm³/mol. The summed E-state index contributed by atoms with van der Waals surface area (Å²) in [6, 6.07) is 0. The van der Waals surface area contributed by atoms with Gasteiger partial charge in [-0.05, 0) is 13.8 Å². The van der Waals surface area contributed by atoms with E-state index in [-0.39, 0.29) is 12.1 Å². The maximum Gasteiger partial charge on any atom is 0.304 e. The van der Waals surface area contributed by atoms with Crippen LogP contribution >= 0.6 is 0 Å². The van der Waals surface area contributed by atoms with Crippen molar-refractivity contribution in [3.63, 3.8) is 0 Å². The molecular formula is C11H15N3O4. The van der Waals surface area contributed by atoms with Crippen LogP contribution in [0.1, 0.15) is 23.2 Å². The lowest BCUT2D eigenvalue weighted by Gasteiger charge is -2.08. The SMILES string of the molecule is Cc1cnc(CNCCC(=O)O)c(C)c1[N+](=O)[O-]. The highest BCUT2D eigenvalue weighted by atomic mass is 16.6. The van der Waals surface area contributed by atoms with E-state index in [1.807, 2.05) is 0 Å². The Hall–Kier alpha value is -2.02. The van der Waals surface area contributed by atoms with Crippen LogP contribution in [0.4, 0.5) is 5.69 Å². The van der Waals surface area contributed by atoms with Crippen molar-refractivity contribution in [1.29, 1.82) is 0 Å². The molecule has 98 valence electrons. The molecule has 0 aliphatic carbocycles. The van der Waals surface area contributed by atoms with Gasteiger partial charge in [0, 0.05) is 30.4 Å². The van der Waals surface area contributed by atoms with Gasteiger partial charge in [-0.3, -0.25) is 19.9 Å². The molecule has 0 aliphatic heterocycles. The lowest BCUT2D eigenvalue weighted by molar-refractivity contribution is -0.386. The van der Waals surface area contributed by atoms with E-state index < -0.39 is 10.9 Å². The molecular weight excluding hydrogens is 238 g/mol. The molecule has 7 heteroatoms. The van der Waals surface area contributed by atoms with E-state index in [0.29, 0.717) is 29.9 Å². The maximum absolute atomic E-state index is 10.9. The molecule has 0 saturated carbocycles. The highest BCUT2D eigenvalue weighted by Gasteiger charge is 2.18. The summed E-state index contributed by atoms with van der Waals surface area (Å²) in [6.45, 7) is 3.91. The smallest absolute Gasteiger partial charge is 0.304 e. The van der Waals surface area contributed by atoms with Crippen molar-refractivity contribution in [2.45, 2.75) is 26.8 Å². The summed E-state index contributed by atoms with van der Waals surface area (Å²) in [4.78, 5) is 24.9. The van der Waals surface area contributed by atoms with Gasteiger partial charge >= 0.3 is 5.97 Å². The number of aryl methyl sites for hydroxylation is 1. The first-order chi connectivity index (χ1) is 8.43. The normalized spacial score (nSPS) is 10.3. The minimum atomic E-state index is -0.887. The molecule has 0 unspecified atom stereocenters. The molecule has 1 aromatic heterocycles. The van der Waals surface area contributed by atoms with Crippen LogP contribution in [0.15, 0.2) is 6.20 Å². The number of carbonyl (C=O) groups is 1. The molecule has 0 bridgehead atoms. The Bertz CT molecular complexity index is 474. The monoisotopic (exact) mass is 253 g/mol. The number of nitrogens with zero attached hydrogens (tertiary/aromatic N) is 2. The molecule has 0 radical (unpaired) electrons. The van der Waals surface area contributed by atoms with Crippen molar-refractivity contribution < 1.29 is 14.8 Å². The standard InChI is InChI=1S/C11H15N3O4/c1-7-5-13-9(6-12-4-3-10(15)16)8(2)11(7)14(17)18/h5,12H,3-4,6H2,1-2H3,(H,15,16). The molecule has 0 atom stereocenters. The summed E-state index contributed by atoms with van der Waals surface area (Å²) in [7, 11) is 0. The topological polar surface area (TPSA) is 105 Å². The molecule has 18 heavy (non-hydrogen) atoms. The van der Waals surface area contributed by atoms with Gasteiger partial charge in [-0.25, -0.2) is 0 Å². The minimum Gasteiger partial charge on any atom is -0.481 e. The number of nitro groups is 1. The number of aliphatic carboxylic acids is 1. The van der Waals surface area contributed by atoms with Crippen molar-refractivity contribution in [3.05, 3.63) is 33.1 Å². The summed E-state index contributed by atoms with van der Waals surface area (Å²) in [5.41, 5.74) is 1.67. The van der Waals surface area contributed by atoms with Crippen molar-refractivity contribution in [2.75, 3.05) is 6.54 Å². The highest BCUT2D eigenvalue weighted by Crippen LogP contribution is 2.23. The van der Waals surface area contributed by atoms with Gasteiger partial charge in [0.25, 0.3) is 5.69 Å². The van der Waals surface area contributed by atoms with E-state index in [9.17, 15) is 14.9 Å². The third kappa shape index (κ3) is 3.49. The average molecular weight is 253 g/mol. The van der Waals surface area contributed by atoms with Crippen molar-refractivity contribution in [1.82, 2.24) is 10.3 Å². The third-order valence-corrected chi connectivity index (χ3v) is 2.57. The molecule has 0 spiro atoms. The second-order valence-corrected chi connectivity index (χ2v) is 3.94. The lowest BCUT2D eigenvalue weighted by Crippen LogP contribution is -2.19. The van der Waals surface area contributed by atoms with Crippen LogP contribution in [0.5, 0.6) is 0 Å². The zero-order chi connectivity index (χ0) is 13.7. The highest BCUT2D eigenvalue weighted by molar-refractivity contribution is 5.66. The molecule has 1 aromatic rings. The number of hydrogen-bond donors (Lipinski definition) is 2. The van der Waals surface area contributed by atoms with Gasteiger partial charge in [-0.1, -0.05) is 0 Å². The largest absolute Gasteiger partial charge is 0.481 e. The van der Waals surface area contributed by atoms with E-state index in [2.05, 4.69) is 10.3 Å². The quantitative estimate of drug-likeness (QED) is 0.448. The first kappa shape index (κ1) is 14.0. The van der Waals surface area contributed by atoms with Crippen molar-refractivity contribution in [3.8, 4) is 0 Å².